The Kier molecular flexibility index (Phi) is 5.02. The summed E-state index contributed by atoms with van der Waals surface area (Å²) < 4.78 is 13.9. The van der Waals surface area contributed by atoms with Gasteiger partial charge in [-0.25, -0.2) is 0 Å². The van der Waals surface area contributed by atoms with Gasteiger partial charge in [0, 0.05) is 58.6 Å². The van der Waals surface area contributed by atoms with Crippen LogP contribution in [0.4, 0.5) is 0 Å². The Morgan fingerprint density at radius 1 is 1.35 bits per heavy atom. The Labute approximate surface area is 153 Å². The number of piperazine rings is 1. The summed E-state index contributed by atoms with van der Waals surface area (Å²) in [6, 6.07) is 3.68. The summed E-state index contributed by atoms with van der Waals surface area (Å²) in [7, 11) is 2.01. The Morgan fingerprint density at radius 3 is 2.77 bits per heavy atom. The van der Waals surface area contributed by atoms with E-state index in [4.69, 9.17) is 9.47 Å². The number of aromatic nitrogens is 1. The number of amides is 1. The van der Waals surface area contributed by atoms with Crippen LogP contribution in [0.3, 0.4) is 0 Å². The van der Waals surface area contributed by atoms with Crippen LogP contribution in [0.1, 0.15) is 12.6 Å². The number of fused-ring (bicyclic) bond motifs is 2. The number of ether oxygens (including phenoxy) is 2. The number of nitrogens with zero attached hydrogens (tertiary/aromatic N) is 3. The zero-order chi connectivity index (χ0) is 18.3. The van der Waals surface area contributed by atoms with E-state index in [2.05, 4.69) is 20.9 Å². The maximum absolute atomic E-state index is 11.5. The first kappa shape index (κ1) is 17.9. The Bertz CT molecular complexity index is 643. The molecule has 3 aliphatic rings. The molecule has 1 amide bonds. The average molecular weight is 364 g/mol. The molecule has 0 unspecified atom stereocenters. The van der Waals surface area contributed by atoms with Crippen LogP contribution in [0.2, 0.25) is 0 Å². The van der Waals surface area contributed by atoms with Crippen LogP contribution in [-0.2, 0) is 27.9 Å². The van der Waals surface area contributed by atoms with E-state index in [0.717, 1.165) is 18.8 Å². The predicted molar refractivity (Wildman–Crippen MR) is 94.3 cm³/mol. The highest BCUT2D eigenvalue weighted by molar-refractivity contribution is 5.73. The fraction of sp³-hybridized carbons (Fsp3) is 0.722. The number of aliphatic hydroxyl groups is 1. The van der Waals surface area contributed by atoms with Gasteiger partial charge >= 0.3 is 0 Å². The van der Waals surface area contributed by atoms with Gasteiger partial charge in [-0.3, -0.25) is 9.69 Å². The summed E-state index contributed by atoms with van der Waals surface area (Å²) in [6.07, 6.45) is 0.902. The van der Waals surface area contributed by atoms with Gasteiger partial charge in [-0.1, -0.05) is 0 Å². The molecule has 2 N–H and O–H groups in total. The third-order valence-electron chi connectivity index (χ3n) is 5.88. The summed E-state index contributed by atoms with van der Waals surface area (Å²) >= 11 is 0. The number of aliphatic hydroxyl groups excluding tert-OH is 1. The largest absolute Gasteiger partial charge is 0.390 e. The normalized spacial score (nSPS) is 35.0. The zero-order valence-electron chi connectivity index (χ0n) is 15.4. The van der Waals surface area contributed by atoms with Crippen molar-refractivity contribution in [2.24, 2.45) is 7.05 Å². The van der Waals surface area contributed by atoms with E-state index in [-0.39, 0.29) is 24.1 Å². The quantitative estimate of drug-likeness (QED) is 0.723. The maximum atomic E-state index is 11.5. The van der Waals surface area contributed by atoms with Crippen LogP contribution in [0, 0.1) is 0 Å². The molecule has 144 valence electrons. The van der Waals surface area contributed by atoms with Crippen LogP contribution in [-0.4, -0.2) is 88.7 Å². The number of nitrogens with one attached hydrogen (secondary N) is 1. The van der Waals surface area contributed by atoms with Crippen LogP contribution in [0.15, 0.2) is 18.3 Å². The van der Waals surface area contributed by atoms with Crippen molar-refractivity contribution in [2.45, 2.75) is 44.1 Å². The van der Waals surface area contributed by atoms with Gasteiger partial charge in [-0.2, -0.15) is 0 Å². The summed E-state index contributed by atoms with van der Waals surface area (Å²) in [5.41, 5.74) is 1.16. The Balaban J connectivity index is 1.43. The average Bonchev–Trinajstić information content (AvgIpc) is 3.23. The van der Waals surface area contributed by atoms with Crippen molar-refractivity contribution in [3.05, 3.63) is 24.0 Å². The Hall–Kier alpha value is -1.45. The molecule has 5 atom stereocenters. The highest BCUT2D eigenvalue weighted by Gasteiger charge is 2.52. The molecular weight excluding hydrogens is 336 g/mol. The highest BCUT2D eigenvalue weighted by atomic mass is 16.7. The van der Waals surface area contributed by atoms with Crippen LogP contribution in [0.5, 0.6) is 0 Å². The van der Waals surface area contributed by atoms with Crippen molar-refractivity contribution in [3.8, 4) is 0 Å². The summed E-state index contributed by atoms with van der Waals surface area (Å²) in [4.78, 5) is 15.6. The molecule has 8 heteroatoms. The lowest BCUT2D eigenvalue weighted by atomic mass is 9.94. The molecule has 0 radical (unpaired) electrons. The third-order valence-corrected chi connectivity index (χ3v) is 5.88. The molecule has 26 heavy (non-hydrogen) atoms. The number of carbonyl (C=O) groups excluding carboxylic acids is 1. The molecule has 4 rings (SSSR count). The molecule has 0 aliphatic carbocycles. The third kappa shape index (κ3) is 3.27. The molecule has 1 aromatic rings. The second kappa shape index (κ2) is 7.28. The van der Waals surface area contributed by atoms with E-state index < -0.39 is 12.4 Å². The lowest BCUT2D eigenvalue weighted by molar-refractivity contribution is -0.187. The van der Waals surface area contributed by atoms with Gasteiger partial charge in [0.2, 0.25) is 5.91 Å². The molecule has 0 spiro atoms. The van der Waals surface area contributed by atoms with Gasteiger partial charge in [0.05, 0.1) is 24.8 Å². The van der Waals surface area contributed by atoms with Crippen LogP contribution < -0.4 is 5.32 Å². The van der Waals surface area contributed by atoms with E-state index >= 15 is 0 Å². The van der Waals surface area contributed by atoms with E-state index in [0.29, 0.717) is 26.2 Å². The number of hydrogen-bond acceptors (Lipinski definition) is 6. The molecule has 0 aromatic carbocycles. The van der Waals surface area contributed by atoms with E-state index in [1.807, 2.05) is 24.2 Å². The van der Waals surface area contributed by atoms with Crippen LogP contribution in [0.25, 0.3) is 0 Å². The van der Waals surface area contributed by atoms with Crippen molar-refractivity contribution in [3.63, 3.8) is 0 Å². The lowest BCUT2D eigenvalue weighted by Crippen LogP contribution is -2.66. The minimum absolute atomic E-state index is 0.101. The molecule has 3 aliphatic heterocycles. The number of carbonyl (C=O) groups is 1. The minimum Gasteiger partial charge on any atom is -0.390 e. The molecular formula is C18H28N4O4. The second-order valence-electron chi connectivity index (χ2n) is 7.42. The van der Waals surface area contributed by atoms with E-state index in [9.17, 15) is 9.90 Å². The van der Waals surface area contributed by atoms with E-state index in [1.165, 1.54) is 0 Å². The predicted octanol–water partition coefficient (Wildman–Crippen LogP) is -0.868. The van der Waals surface area contributed by atoms with Gasteiger partial charge in [0.15, 0.2) is 6.29 Å². The Morgan fingerprint density at radius 2 is 2.12 bits per heavy atom. The summed E-state index contributed by atoms with van der Waals surface area (Å²) in [5, 5.41) is 14.6. The summed E-state index contributed by atoms with van der Waals surface area (Å²) in [6.45, 7) is 5.56. The molecule has 8 nitrogen and oxygen atoms in total. The van der Waals surface area contributed by atoms with Crippen molar-refractivity contribution in [1.29, 1.82) is 0 Å². The fourth-order valence-corrected chi connectivity index (χ4v) is 4.28. The molecule has 1 aromatic heterocycles. The minimum atomic E-state index is -0.578. The van der Waals surface area contributed by atoms with Crippen molar-refractivity contribution >= 4 is 5.91 Å². The SMILES string of the molecule is CC(=O)N1CCN([C@H]2[C@@H]3OC[C@@H](O3)[C@@H](NCc3cccn3C)[C@@H]2O)CC1. The van der Waals surface area contributed by atoms with Gasteiger partial charge in [0.1, 0.15) is 6.10 Å². The second-order valence-corrected chi connectivity index (χ2v) is 7.42. The van der Waals surface area contributed by atoms with Gasteiger partial charge < -0.3 is 29.4 Å². The smallest absolute Gasteiger partial charge is 0.219 e. The zero-order valence-corrected chi connectivity index (χ0v) is 15.4. The van der Waals surface area contributed by atoms with Gasteiger partial charge in [0.25, 0.3) is 0 Å². The number of aryl methyl sites for hydroxylation is 1. The molecule has 3 fully saturated rings. The van der Waals surface area contributed by atoms with Gasteiger partial charge in [-0.05, 0) is 12.1 Å². The first-order valence-corrected chi connectivity index (χ1v) is 9.33. The molecule has 0 saturated carbocycles. The molecule has 4 heterocycles. The summed E-state index contributed by atoms with van der Waals surface area (Å²) in [5.74, 6) is 0.101. The van der Waals surface area contributed by atoms with Crippen LogP contribution >= 0.6 is 0 Å². The van der Waals surface area contributed by atoms with Gasteiger partial charge in [-0.15, -0.1) is 0 Å². The monoisotopic (exact) mass is 364 g/mol. The molecule has 2 bridgehead atoms. The fourth-order valence-electron chi connectivity index (χ4n) is 4.28. The topological polar surface area (TPSA) is 79.2 Å². The van der Waals surface area contributed by atoms with E-state index in [1.54, 1.807) is 6.92 Å². The number of hydrogen-bond donors (Lipinski definition) is 2. The lowest BCUT2D eigenvalue weighted by Gasteiger charge is -2.46. The van der Waals surface area contributed by atoms with Crippen molar-refractivity contribution in [2.75, 3.05) is 32.8 Å². The number of rotatable bonds is 4. The highest BCUT2D eigenvalue weighted by Crippen LogP contribution is 2.32. The van der Waals surface area contributed by atoms with Crippen molar-refractivity contribution < 1.29 is 19.4 Å². The first-order valence-electron chi connectivity index (χ1n) is 9.33. The maximum Gasteiger partial charge on any atom is 0.219 e. The first-order chi connectivity index (χ1) is 12.5. The van der Waals surface area contributed by atoms with Crippen molar-refractivity contribution in [1.82, 2.24) is 19.7 Å². The molecule has 3 saturated heterocycles. The standard InChI is InChI=1S/C18H28N4O4/c1-12(23)21-6-8-22(9-7-21)16-17(24)15(14-11-25-18(16)26-14)19-10-13-4-3-5-20(13)2/h3-5,14-19,24H,6-11H2,1-2H3/t14-,15-,16-,17+,18-/m1/s1.